The van der Waals surface area contributed by atoms with E-state index in [4.69, 9.17) is 9.47 Å². The molecule has 122 valence electrons. The van der Waals surface area contributed by atoms with Crippen LogP contribution in [0.5, 0.6) is 5.75 Å². The molecule has 1 atom stereocenters. The van der Waals surface area contributed by atoms with Crippen molar-refractivity contribution in [3.05, 3.63) is 29.3 Å². The van der Waals surface area contributed by atoms with E-state index >= 15 is 0 Å². The van der Waals surface area contributed by atoms with Crippen molar-refractivity contribution < 1.29 is 19.1 Å². The highest BCUT2D eigenvalue weighted by Gasteiger charge is 2.18. The van der Waals surface area contributed by atoms with Gasteiger partial charge in [-0.15, -0.1) is 0 Å². The van der Waals surface area contributed by atoms with Crippen molar-refractivity contribution in [2.75, 3.05) is 13.2 Å². The molecular formula is C17H25NO4. The van der Waals surface area contributed by atoms with Crippen LogP contribution in [0.4, 0.5) is 0 Å². The minimum Gasteiger partial charge on any atom is -0.482 e. The Bertz CT molecular complexity index is 505. The first-order valence-corrected chi connectivity index (χ1v) is 7.46. The van der Waals surface area contributed by atoms with Crippen LogP contribution < -0.4 is 10.1 Å². The summed E-state index contributed by atoms with van der Waals surface area (Å²) < 4.78 is 10.5. The second kappa shape index (κ2) is 8.41. The van der Waals surface area contributed by atoms with Crippen molar-refractivity contribution in [1.29, 1.82) is 0 Å². The molecule has 5 nitrogen and oxygen atoms in total. The predicted octanol–water partition coefficient (Wildman–Crippen LogP) is 2.39. The summed E-state index contributed by atoms with van der Waals surface area (Å²) in [5.74, 6) is 0.103. The lowest BCUT2D eigenvalue weighted by molar-refractivity contribution is -0.156. The number of hydrogen-bond donors (Lipinski definition) is 1. The maximum atomic E-state index is 11.7. The van der Waals surface area contributed by atoms with Crippen molar-refractivity contribution in [3.63, 3.8) is 0 Å². The summed E-state index contributed by atoms with van der Waals surface area (Å²) in [6, 6.07) is 5.71. The third-order valence-corrected chi connectivity index (χ3v) is 2.91. The van der Waals surface area contributed by atoms with Crippen LogP contribution in [0.15, 0.2) is 18.2 Å². The van der Waals surface area contributed by atoms with E-state index in [1.54, 1.807) is 6.92 Å². The Morgan fingerprint density at radius 3 is 2.23 bits per heavy atom. The van der Waals surface area contributed by atoms with Gasteiger partial charge in [0.2, 0.25) is 0 Å². The van der Waals surface area contributed by atoms with Crippen LogP contribution in [0, 0.1) is 19.8 Å². The predicted molar refractivity (Wildman–Crippen MR) is 84.8 cm³/mol. The van der Waals surface area contributed by atoms with Gasteiger partial charge in [0.25, 0.3) is 5.91 Å². The first-order valence-electron chi connectivity index (χ1n) is 7.46. The topological polar surface area (TPSA) is 64.6 Å². The Hall–Kier alpha value is -2.04. The van der Waals surface area contributed by atoms with Gasteiger partial charge in [-0.3, -0.25) is 4.79 Å². The van der Waals surface area contributed by atoms with Gasteiger partial charge >= 0.3 is 5.97 Å². The summed E-state index contributed by atoms with van der Waals surface area (Å²) in [5, 5.41) is 2.72. The third kappa shape index (κ3) is 6.61. The summed E-state index contributed by atoms with van der Waals surface area (Å²) in [6.07, 6.45) is -0.825. The van der Waals surface area contributed by atoms with Gasteiger partial charge in [-0.1, -0.05) is 19.9 Å². The number of carbonyl (C=O) groups is 2. The molecule has 1 amide bonds. The van der Waals surface area contributed by atoms with Gasteiger partial charge < -0.3 is 14.8 Å². The van der Waals surface area contributed by atoms with E-state index in [0.29, 0.717) is 18.2 Å². The second-order valence-electron chi connectivity index (χ2n) is 5.88. The fourth-order valence-corrected chi connectivity index (χ4v) is 1.89. The van der Waals surface area contributed by atoms with E-state index in [0.717, 1.165) is 11.1 Å². The van der Waals surface area contributed by atoms with E-state index < -0.39 is 12.1 Å². The molecule has 1 rings (SSSR count). The number of esters is 1. The van der Waals surface area contributed by atoms with Gasteiger partial charge in [-0.05, 0) is 49.9 Å². The van der Waals surface area contributed by atoms with Crippen LogP contribution in [-0.2, 0) is 14.3 Å². The lowest BCUT2D eigenvalue weighted by Gasteiger charge is -2.15. The van der Waals surface area contributed by atoms with Gasteiger partial charge in [-0.25, -0.2) is 4.79 Å². The fraction of sp³-hybridized carbons (Fsp3) is 0.529. The minimum absolute atomic E-state index is 0.218. The zero-order valence-corrected chi connectivity index (χ0v) is 13.9. The van der Waals surface area contributed by atoms with Crippen molar-refractivity contribution in [2.24, 2.45) is 5.92 Å². The van der Waals surface area contributed by atoms with Gasteiger partial charge in [0.1, 0.15) is 5.75 Å². The van der Waals surface area contributed by atoms with E-state index in [1.807, 2.05) is 45.9 Å². The molecule has 0 spiro atoms. The maximum absolute atomic E-state index is 11.7. The van der Waals surface area contributed by atoms with Gasteiger partial charge in [-0.2, -0.15) is 0 Å². The molecule has 22 heavy (non-hydrogen) atoms. The van der Waals surface area contributed by atoms with Crippen molar-refractivity contribution in [2.45, 2.75) is 40.7 Å². The van der Waals surface area contributed by atoms with E-state index in [-0.39, 0.29) is 12.5 Å². The Kier molecular flexibility index (Phi) is 6.89. The average molecular weight is 307 g/mol. The highest BCUT2D eigenvalue weighted by Crippen LogP contribution is 2.16. The van der Waals surface area contributed by atoms with Crippen LogP contribution in [0.3, 0.4) is 0 Å². The van der Waals surface area contributed by atoms with E-state index in [9.17, 15) is 9.59 Å². The summed E-state index contributed by atoms with van der Waals surface area (Å²) in [6.45, 7) is 9.79. The number of nitrogens with one attached hydrogen (secondary N) is 1. The summed E-state index contributed by atoms with van der Waals surface area (Å²) in [5.41, 5.74) is 2.12. The molecule has 0 aliphatic carbocycles. The Labute approximate surface area is 132 Å². The number of carbonyl (C=O) groups excluding carboxylic acids is 2. The quantitative estimate of drug-likeness (QED) is 0.786. The van der Waals surface area contributed by atoms with Crippen LogP contribution in [-0.4, -0.2) is 31.1 Å². The monoisotopic (exact) mass is 307 g/mol. The maximum Gasteiger partial charge on any atom is 0.344 e. The highest BCUT2D eigenvalue weighted by molar-refractivity contribution is 5.83. The number of benzene rings is 1. The van der Waals surface area contributed by atoms with Crippen LogP contribution in [0.1, 0.15) is 31.9 Å². The van der Waals surface area contributed by atoms with Crippen molar-refractivity contribution in [3.8, 4) is 5.75 Å². The largest absolute Gasteiger partial charge is 0.482 e. The number of rotatable bonds is 7. The molecule has 0 aromatic heterocycles. The number of amides is 1. The lowest BCUT2D eigenvalue weighted by atomic mass is 10.1. The van der Waals surface area contributed by atoms with Gasteiger partial charge in [0, 0.05) is 6.54 Å². The number of ether oxygens (including phenoxy) is 2. The first-order chi connectivity index (χ1) is 10.3. The molecule has 0 heterocycles. The zero-order chi connectivity index (χ0) is 16.7. The molecule has 1 unspecified atom stereocenters. The lowest BCUT2D eigenvalue weighted by Crippen LogP contribution is -2.38. The summed E-state index contributed by atoms with van der Waals surface area (Å²) in [4.78, 5) is 23.4. The van der Waals surface area contributed by atoms with E-state index in [1.165, 1.54) is 0 Å². The molecule has 0 bridgehead atoms. The van der Waals surface area contributed by atoms with Crippen LogP contribution in [0.25, 0.3) is 0 Å². The Balaban J connectivity index is 2.40. The SMILES string of the molecule is Cc1cc(C)cc(OCC(=O)OC(C)C(=O)NCC(C)C)c1. The highest BCUT2D eigenvalue weighted by atomic mass is 16.6. The van der Waals surface area contributed by atoms with Gasteiger partial charge in [0.05, 0.1) is 0 Å². The van der Waals surface area contributed by atoms with Crippen LogP contribution in [0.2, 0.25) is 0 Å². The molecule has 0 radical (unpaired) electrons. The zero-order valence-electron chi connectivity index (χ0n) is 13.9. The van der Waals surface area contributed by atoms with Crippen molar-refractivity contribution >= 4 is 11.9 Å². The second-order valence-corrected chi connectivity index (χ2v) is 5.88. The molecule has 1 N–H and O–H groups in total. The molecule has 5 heteroatoms. The van der Waals surface area contributed by atoms with Crippen LogP contribution >= 0.6 is 0 Å². The standard InChI is InChI=1S/C17H25NO4/c1-11(2)9-18-17(20)14(5)22-16(19)10-21-15-7-12(3)6-13(4)8-15/h6-8,11,14H,9-10H2,1-5H3,(H,18,20). The van der Waals surface area contributed by atoms with E-state index in [2.05, 4.69) is 5.32 Å². The molecule has 0 fully saturated rings. The average Bonchev–Trinajstić information content (AvgIpc) is 2.41. The fourth-order valence-electron chi connectivity index (χ4n) is 1.89. The molecular weight excluding hydrogens is 282 g/mol. The van der Waals surface area contributed by atoms with Gasteiger partial charge in [0.15, 0.2) is 12.7 Å². The minimum atomic E-state index is -0.825. The molecule has 0 saturated heterocycles. The first kappa shape index (κ1) is 18.0. The Morgan fingerprint density at radius 2 is 1.68 bits per heavy atom. The third-order valence-electron chi connectivity index (χ3n) is 2.91. The Morgan fingerprint density at radius 1 is 1.09 bits per heavy atom. The molecule has 0 aliphatic heterocycles. The van der Waals surface area contributed by atoms with Crippen molar-refractivity contribution in [1.82, 2.24) is 5.32 Å². The normalized spacial score (nSPS) is 11.9. The molecule has 0 saturated carbocycles. The molecule has 0 aliphatic rings. The summed E-state index contributed by atoms with van der Waals surface area (Å²) >= 11 is 0. The molecule has 1 aromatic carbocycles. The summed E-state index contributed by atoms with van der Waals surface area (Å²) in [7, 11) is 0. The smallest absolute Gasteiger partial charge is 0.344 e. The molecule has 1 aromatic rings. The number of aryl methyl sites for hydroxylation is 2. The number of hydrogen-bond acceptors (Lipinski definition) is 4.